The van der Waals surface area contributed by atoms with E-state index in [4.69, 9.17) is 0 Å². The smallest absolute Gasteiger partial charge is 0.0747 e. The van der Waals surface area contributed by atoms with E-state index < -0.39 is 0 Å². The number of benzene rings is 1. The third-order valence-corrected chi connectivity index (χ3v) is 2.55. The molecule has 2 nitrogen and oxygen atoms in total. The first kappa shape index (κ1) is 13.2. The van der Waals surface area contributed by atoms with Crippen molar-refractivity contribution in [2.45, 2.75) is 19.4 Å². The lowest BCUT2D eigenvalue weighted by Gasteiger charge is -2.10. The van der Waals surface area contributed by atoms with Crippen LogP contribution in [0.15, 0.2) is 59.8 Å². The molecule has 1 rings (SSSR count). The molecule has 0 bridgehead atoms. The van der Waals surface area contributed by atoms with Crippen LogP contribution in [0.1, 0.15) is 24.9 Å². The third-order valence-electron chi connectivity index (χ3n) is 2.55. The van der Waals surface area contributed by atoms with Gasteiger partial charge in [-0.15, -0.1) is 0 Å². The zero-order chi connectivity index (χ0) is 12.5. The molecule has 0 saturated carbocycles. The molecule has 0 aliphatic carbocycles. The molecule has 90 valence electrons. The highest BCUT2D eigenvalue weighted by molar-refractivity contribution is 5.78. The number of nitrogens with one attached hydrogen (secondary N) is 1. The topological polar surface area (TPSA) is 24.4 Å². The Morgan fingerprint density at radius 1 is 1.41 bits per heavy atom. The molecule has 0 amide bonds. The SMILES string of the molecule is C=C/C=C(/C=NC(CC)c1ccccc1)NC. The Morgan fingerprint density at radius 3 is 2.65 bits per heavy atom. The van der Waals surface area contributed by atoms with Crippen LogP contribution in [0.25, 0.3) is 0 Å². The zero-order valence-electron chi connectivity index (χ0n) is 10.6. The van der Waals surface area contributed by atoms with Gasteiger partial charge >= 0.3 is 0 Å². The number of allylic oxidation sites excluding steroid dienone is 3. The summed E-state index contributed by atoms with van der Waals surface area (Å²) in [6.45, 7) is 5.82. The minimum Gasteiger partial charge on any atom is -0.387 e. The van der Waals surface area contributed by atoms with Crippen molar-refractivity contribution in [1.29, 1.82) is 0 Å². The minimum atomic E-state index is 0.220. The molecule has 0 aromatic heterocycles. The van der Waals surface area contributed by atoms with Gasteiger partial charge in [0.25, 0.3) is 0 Å². The van der Waals surface area contributed by atoms with E-state index >= 15 is 0 Å². The van der Waals surface area contributed by atoms with Crippen molar-refractivity contribution in [3.05, 3.63) is 60.3 Å². The summed E-state index contributed by atoms with van der Waals surface area (Å²) in [6, 6.07) is 10.6. The van der Waals surface area contributed by atoms with Crippen molar-refractivity contribution in [1.82, 2.24) is 5.32 Å². The van der Waals surface area contributed by atoms with Crippen LogP contribution in [-0.2, 0) is 0 Å². The predicted octanol–water partition coefficient (Wildman–Crippen LogP) is 3.50. The largest absolute Gasteiger partial charge is 0.387 e. The Hall–Kier alpha value is -1.83. The van der Waals surface area contributed by atoms with Crippen molar-refractivity contribution in [3.8, 4) is 0 Å². The molecule has 0 saturated heterocycles. The molecular formula is C15H20N2. The van der Waals surface area contributed by atoms with E-state index in [2.05, 4.69) is 35.9 Å². The lowest BCUT2D eigenvalue weighted by atomic mass is 10.1. The van der Waals surface area contributed by atoms with Gasteiger partial charge in [-0.3, -0.25) is 4.99 Å². The van der Waals surface area contributed by atoms with Gasteiger partial charge in [-0.2, -0.15) is 0 Å². The molecular weight excluding hydrogens is 208 g/mol. The second-order valence-corrected chi connectivity index (χ2v) is 3.72. The second kappa shape index (κ2) is 7.44. The molecule has 0 aliphatic heterocycles. The van der Waals surface area contributed by atoms with Crippen LogP contribution in [0.5, 0.6) is 0 Å². The molecule has 0 fully saturated rings. The van der Waals surface area contributed by atoms with Gasteiger partial charge < -0.3 is 5.32 Å². The molecule has 1 aromatic rings. The first-order valence-electron chi connectivity index (χ1n) is 5.90. The summed E-state index contributed by atoms with van der Waals surface area (Å²) >= 11 is 0. The van der Waals surface area contributed by atoms with Gasteiger partial charge in [0.05, 0.1) is 11.7 Å². The molecule has 0 aliphatic rings. The zero-order valence-corrected chi connectivity index (χ0v) is 10.6. The maximum atomic E-state index is 4.60. The first-order valence-corrected chi connectivity index (χ1v) is 5.90. The van der Waals surface area contributed by atoms with Crippen LogP contribution in [0.3, 0.4) is 0 Å². The van der Waals surface area contributed by atoms with Gasteiger partial charge in [-0.25, -0.2) is 0 Å². The predicted molar refractivity (Wildman–Crippen MR) is 75.3 cm³/mol. The standard InChI is InChI=1S/C15H20N2/c1-4-9-14(16-3)12-17-15(5-2)13-10-7-6-8-11-13/h4,6-12,15-16H,1,5H2,2-3H3/b14-9-,17-12?. The molecule has 0 radical (unpaired) electrons. The van der Waals surface area contributed by atoms with Crippen LogP contribution in [-0.4, -0.2) is 13.3 Å². The third kappa shape index (κ3) is 4.27. The van der Waals surface area contributed by atoms with Crippen molar-refractivity contribution in [2.24, 2.45) is 4.99 Å². The summed E-state index contributed by atoms with van der Waals surface area (Å²) in [5.74, 6) is 0. The number of hydrogen-bond acceptors (Lipinski definition) is 2. The molecule has 1 aromatic carbocycles. The summed E-state index contributed by atoms with van der Waals surface area (Å²) in [4.78, 5) is 4.60. The lowest BCUT2D eigenvalue weighted by Crippen LogP contribution is -2.07. The van der Waals surface area contributed by atoms with Crippen LogP contribution in [0, 0.1) is 0 Å². The van der Waals surface area contributed by atoms with Crippen molar-refractivity contribution in [3.63, 3.8) is 0 Å². The van der Waals surface area contributed by atoms with E-state index in [0.29, 0.717) is 0 Å². The highest BCUT2D eigenvalue weighted by atomic mass is 14.9. The van der Waals surface area contributed by atoms with E-state index in [1.54, 1.807) is 6.08 Å². The van der Waals surface area contributed by atoms with E-state index in [1.165, 1.54) is 5.56 Å². The van der Waals surface area contributed by atoms with Crippen LogP contribution in [0.2, 0.25) is 0 Å². The fraction of sp³-hybridized carbons (Fsp3) is 0.267. The Balaban J connectivity index is 2.80. The minimum absolute atomic E-state index is 0.220. The lowest BCUT2D eigenvalue weighted by molar-refractivity contribution is 0.703. The van der Waals surface area contributed by atoms with E-state index in [-0.39, 0.29) is 6.04 Å². The summed E-state index contributed by atoms with van der Waals surface area (Å²) in [6.07, 6.45) is 6.51. The fourth-order valence-corrected chi connectivity index (χ4v) is 1.59. The summed E-state index contributed by atoms with van der Waals surface area (Å²) in [5, 5.41) is 3.07. The van der Waals surface area contributed by atoms with Crippen LogP contribution in [0.4, 0.5) is 0 Å². The van der Waals surface area contributed by atoms with Gasteiger partial charge in [0, 0.05) is 13.3 Å². The molecule has 0 spiro atoms. The molecule has 1 unspecified atom stereocenters. The van der Waals surface area contributed by atoms with E-state index in [1.807, 2.05) is 37.5 Å². The highest BCUT2D eigenvalue weighted by Crippen LogP contribution is 2.20. The van der Waals surface area contributed by atoms with Gasteiger partial charge in [-0.1, -0.05) is 49.9 Å². The maximum absolute atomic E-state index is 4.60. The summed E-state index contributed by atoms with van der Waals surface area (Å²) in [7, 11) is 1.88. The summed E-state index contributed by atoms with van der Waals surface area (Å²) < 4.78 is 0. The van der Waals surface area contributed by atoms with E-state index in [9.17, 15) is 0 Å². The Labute approximate surface area is 104 Å². The maximum Gasteiger partial charge on any atom is 0.0747 e. The van der Waals surface area contributed by atoms with Crippen molar-refractivity contribution < 1.29 is 0 Å². The quantitative estimate of drug-likeness (QED) is 0.585. The number of rotatable bonds is 6. The van der Waals surface area contributed by atoms with Crippen LogP contribution >= 0.6 is 0 Å². The second-order valence-electron chi connectivity index (χ2n) is 3.72. The highest BCUT2D eigenvalue weighted by Gasteiger charge is 2.05. The average molecular weight is 228 g/mol. The van der Waals surface area contributed by atoms with Crippen molar-refractivity contribution in [2.75, 3.05) is 7.05 Å². The molecule has 17 heavy (non-hydrogen) atoms. The van der Waals surface area contributed by atoms with E-state index in [0.717, 1.165) is 12.1 Å². The number of nitrogens with zero attached hydrogens (tertiary/aromatic N) is 1. The molecule has 2 heteroatoms. The average Bonchev–Trinajstić information content (AvgIpc) is 2.39. The van der Waals surface area contributed by atoms with Gasteiger partial charge in [0.2, 0.25) is 0 Å². The van der Waals surface area contributed by atoms with Crippen molar-refractivity contribution >= 4 is 6.21 Å². The van der Waals surface area contributed by atoms with Gasteiger partial charge in [-0.05, 0) is 18.1 Å². The Kier molecular flexibility index (Phi) is 5.80. The van der Waals surface area contributed by atoms with Gasteiger partial charge in [0.1, 0.15) is 0 Å². The molecule has 1 N–H and O–H groups in total. The summed E-state index contributed by atoms with van der Waals surface area (Å²) in [5.41, 5.74) is 2.22. The monoisotopic (exact) mass is 228 g/mol. The molecule has 0 heterocycles. The number of aliphatic imine (C=N–C) groups is 1. The fourth-order valence-electron chi connectivity index (χ4n) is 1.59. The normalized spacial score (nSPS) is 13.6. The Bertz CT molecular complexity index is 391. The number of hydrogen-bond donors (Lipinski definition) is 1. The molecule has 1 atom stereocenters. The van der Waals surface area contributed by atoms with Gasteiger partial charge in [0.15, 0.2) is 0 Å². The first-order chi connectivity index (χ1) is 8.31. The Morgan fingerprint density at radius 2 is 2.12 bits per heavy atom. The van der Waals surface area contributed by atoms with Crippen LogP contribution < -0.4 is 5.32 Å².